The predicted octanol–water partition coefficient (Wildman–Crippen LogP) is 4.69. The number of hydrogen-bond acceptors (Lipinski definition) is 0. The van der Waals surface area contributed by atoms with Crippen LogP contribution in [-0.2, 0) is 0 Å². The summed E-state index contributed by atoms with van der Waals surface area (Å²) in [7, 11) is 2.49. The molecule has 2 aliphatic rings. The first-order valence-electron chi connectivity index (χ1n) is 9.67. The van der Waals surface area contributed by atoms with E-state index in [0.29, 0.717) is 11.7 Å². The van der Waals surface area contributed by atoms with Crippen LogP contribution in [0.5, 0.6) is 0 Å². The molecule has 1 heterocycles. The van der Waals surface area contributed by atoms with E-state index >= 15 is 0 Å². The van der Waals surface area contributed by atoms with Crippen molar-refractivity contribution >= 4 is 5.84 Å². The van der Waals surface area contributed by atoms with Crippen LogP contribution in [0.4, 0.5) is 0 Å². The highest BCUT2D eigenvalue weighted by molar-refractivity contribution is 5.70. The van der Waals surface area contributed by atoms with Crippen molar-refractivity contribution in [3.63, 3.8) is 0 Å². The lowest BCUT2D eigenvalue weighted by molar-refractivity contribution is -1.07. The molecule has 6 unspecified atom stereocenters. The van der Waals surface area contributed by atoms with Crippen LogP contribution in [-0.4, -0.2) is 40.2 Å². The van der Waals surface area contributed by atoms with Gasteiger partial charge in [0.1, 0.15) is 0 Å². The zero-order chi connectivity index (χ0) is 16.7. The molecular weight excluding hydrogens is 268 g/mol. The van der Waals surface area contributed by atoms with Crippen LogP contribution in [0.1, 0.15) is 74.1 Å². The fourth-order valence-electron chi connectivity index (χ4n) is 5.65. The van der Waals surface area contributed by atoms with Crippen molar-refractivity contribution in [1.29, 1.82) is 0 Å². The molecule has 0 bridgehead atoms. The Bertz CT molecular complexity index is 441. The van der Waals surface area contributed by atoms with Crippen LogP contribution >= 0.6 is 0 Å². The van der Waals surface area contributed by atoms with Gasteiger partial charge in [-0.3, -0.25) is 0 Å². The zero-order valence-electron chi connectivity index (χ0n) is 16.3. The minimum absolute atomic E-state index is 0.298. The molecule has 1 aliphatic heterocycles. The first-order valence-corrected chi connectivity index (χ1v) is 9.67. The monoisotopic (exact) mass is 307 g/mol. The highest BCUT2D eigenvalue weighted by atomic mass is 15.6. The molecule has 6 atom stereocenters. The fourth-order valence-corrected chi connectivity index (χ4v) is 5.65. The van der Waals surface area contributed by atoms with Crippen LogP contribution < -0.4 is 0 Å². The second kappa shape index (κ2) is 6.26. The van der Waals surface area contributed by atoms with Gasteiger partial charge in [-0.1, -0.05) is 40.0 Å². The van der Waals surface area contributed by atoms with Crippen molar-refractivity contribution in [2.75, 3.05) is 13.6 Å². The summed E-state index contributed by atoms with van der Waals surface area (Å²) >= 11 is 0. The lowest BCUT2D eigenvalue weighted by Crippen LogP contribution is -2.81. The zero-order valence-corrected chi connectivity index (χ0v) is 16.3. The van der Waals surface area contributed by atoms with E-state index < -0.39 is 0 Å². The second-order valence-corrected chi connectivity index (χ2v) is 8.00. The fraction of sp³-hybridized carbons (Fsp3) is 0.900. The Kier molecular flexibility index (Phi) is 5.12. The molecule has 128 valence electrons. The number of rotatable bonds is 8. The summed E-state index contributed by atoms with van der Waals surface area (Å²) < 4.78 is 3.96. The van der Waals surface area contributed by atoms with Crippen LogP contribution in [0.3, 0.4) is 0 Å². The van der Waals surface area contributed by atoms with E-state index in [0.717, 1.165) is 17.8 Å². The molecule has 0 saturated heterocycles. The van der Waals surface area contributed by atoms with E-state index in [1.54, 1.807) is 5.84 Å². The molecular formula is C20H39N2+. The average Bonchev–Trinajstić information content (AvgIpc) is 3.20. The molecule has 1 saturated carbocycles. The van der Waals surface area contributed by atoms with Gasteiger partial charge in [-0.25, -0.2) is 0 Å². The first-order chi connectivity index (χ1) is 10.3. The third-order valence-electron chi connectivity index (χ3n) is 7.09. The maximum absolute atomic E-state index is 2.79. The van der Waals surface area contributed by atoms with Crippen molar-refractivity contribution in [2.45, 2.75) is 85.9 Å². The third kappa shape index (κ3) is 2.20. The van der Waals surface area contributed by atoms with Gasteiger partial charge in [-0.15, -0.1) is 10.5 Å². The smallest absolute Gasteiger partial charge is 0.325 e. The van der Waals surface area contributed by atoms with Gasteiger partial charge in [0.15, 0.2) is 6.04 Å². The van der Waals surface area contributed by atoms with Gasteiger partial charge in [0.25, 0.3) is 5.66 Å². The van der Waals surface area contributed by atoms with E-state index in [-0.39, 0.29) is 0 Å². The van der Waals surface area contributed by atoms with E-state index in [1.165, 1.54) is 36.7 Å². The Labute approximate surface area is 139 Å². The average molecular weight is 308 g/mol. The molecule has 0 aromatic carbocycles. The van der Waals surface area contributed by atoms with Crippen molar-refractivity contribution in [3.05, 3.63) is 6.42 Å². The lowest BCUT2D eigenvalue weighted by atomic mass is 9.88. The third-order valence-corrected chi connectivity index (χ3v) is 7.09. The maximum Gasteiger partial charge on any atom is 0.345 e. The molecule has 1 fully saturated rings. The molecule has 22 heavy (non-hydrogen) atoms. The largest absolute Gasteiger partial charge is 0.345 e. The van der Waals surface area contributed by atoms with E-state index in [4.69, 9.17) is 0 Å². The van der Waals surface area contributed by atoms with Crippen LogP contribution in [0, 0.1) is 24.2 Å². The van der Waals surface area contributed by atoms with Crippen LogP contribution in [0.2, 0.25) is 0 Å². The summed E-state index contributed by atoms with van der Waals surface area (Å²) in [6, 6.07) is 0.661. The second-order valence-electron chi connectivity index (χ2n) is 8.00. The minimum atomic E-state index is 0.298. The molecule has 2 rings (SSSR count). The normalized spacial score (nSPS) is 42.3. The van der Waals surface area contributed by atoms with E-state index in [1.807, 2.05) is 0 Å². The number of quaternary nitrogens is 1. The summed E-state index contributed by atoms with van der Waals surface area (Å²) in [5.41, 5.74) is 0.298. The Morgan fingerprint density at radius 1 is 1.27 bits per heavy atom. The maximum atomic E-state index is 2.79. The number of hydrogen-bond donors (Lipinski definition) is 0. The van der Waals surface area contributed by atoms with Gasteiger partial charge < -0.3 is 6.42 Å². The molecule has 1 aliphatic carbocycles. The van der Waals surface area contributed by atoms with Gasteiger partial charge in [0, 0.05) is 6.42 Å². The molecule has 0 aromatic heterocycles. The number of nitrogens with zero attached hydrogens (tertiary/aromatic N) is 2. The first kappa shape index (κ1) is 18.0. The quantitative estimate of drug-likeness (QED) is 0.348. The standard InChI is InChI=1S/C20H39N2/c1-9-13-18-17(12-4)19(18)20(7)21(15(5)11-3)16(6)22(20,8)14-10-2/h13,15,17-19H,9-12,14H2,1-8H3/q+1. The van der Waals surface area contributed by atoms with Crippen LogP contribution in [0.15, 0.2) is 0 Å². The summed E-state index contributed by atoms with van der Waals surface area (Å²) in [5, 5.41) is 0. The van der Waals surface area contributed by atoms with Crippen molar-refractivity contribution in [3.8, 4) is 0 Å². The summed E-state index contributed by atoms with van der Waals surface area (Å²) in [4.78, 5) is 0. The van der Waals surface area contributed by atoms with Gasteiger partial charge in [-0.2, -0.15) is 10.9 Å². The molecule has 2 nitrogen and oxygen atoms in total. The van der Waals surface area contributed by atoms with Crippen molar-refractivity contribution in [2.24, 2.45) is 17.8 Å². The van der Waals surface area contributed by atoms with Gasteiger partial charge in [0.05, 0.1) is 33.4 Å². The minimum Gasteiger partial charge on any atom is -0.325 e. The van der Waals surface area contributed by atoms with Gasteiger partial charge in [-0.05, 0) is 13.3 Å². The summed E-state index contributed by atoms with van der Waals surface area (Å²) in [6.07, 6.45) is 7.66. The summed E-state index contributed by atoms with van der Waals surface area (Å²) in [5.74, 6) is 4.18. The Hall–Kier alpha value is -0.370. The van der Waals surface area contributed by atoms with E-state index in [2.05, 4.69) is 66.5 Å². The topological polar surface area (TPSA) is 3.01 Å². The van der Waals surface area contributed by atoms with E-state index in [9.17, 15) is 0 Å². The number of amidine groups is 1. The van der Waals surface area contributed by atoms with Gasteiger partial charge in [0.2, 0.25) is 0 Å². The Morgan fingerprint density at radius 2 is 1.91 bits per heavy atom. The highest BCUT2D eigenvalue weighted by Crippen LogP contribution is 2.62. The highest BCUT2D eigenvalue weighted by Gasteiger charge is 2.77. The Morgan fingerprint density at radius 3 is 2.36 bits per heavy atom. The molecule has 0 aromatic rings. The molecule has 0 N–H and O–H groups in total. The SMILES string of the molecule is CC[CH-]C1C(CC)C1C1(C)[N+](C(C)CC)=C(C)[N+]1(C)CCC. The Balaban J connectivity index is 2.40. The predicted molar refractivity (Wildman–Crippen MR) is 95.8 cm³/mol. The van der Waals surface area contributed by atoms with Gasteiger partial charge >= 0.3 is 5.84 Å². The molecule has 2 heteroatoms. The molecule has 0 amide bonds. The van der Waals surface area contributed by atoms with Crippen molar-refractivity contribution < 1.29 is 9.06 Å². The molecule has 0 radical (unpaired) electrons. The lowest BCUT2D eigenvalue weighted by Gasteiger charge is -2.53. The van der Waals surface area contributed by atoms with Crippen LogP contribution in [0.25, 0.3) is 0 Å². The van der Waals surface area contributed by atoms with Crippen molar-refractivity contribution in [1.82, 2.24) is 0 Å². The summed E-state index contributed by atoms with van der Waals surface area (Å²) in [6.45, 7) is 18.0. The molecule has 0 spiro atoms.